The van der Waals surface area contributed by atoms with E-state index >= 15 is 0 Å². The topological polar surface area (TPSA) is 35.6 Å². The zero-order valence-corrected chi connectivity index (χ0v) is 13.0. The zero-order valence-electron chi connectivity index (χ0n) is 13.0. The Bertz CT molecular complexity index is 517. The number of hydrogen-bond acceptors (Lipinski definition) is 3. The smallest absolute Gasteiger partial charge is 0.239 e. The van der Waals surface area contributed by atoms with E-state index in [-0.39, 0.29) is 11.9 Å². The number of nitrogens with one attached hydrogen (secondary N) is 1. The third-order valence-corrected chi connectivity index (χ3v) is 4.85. The number of carbonyl (C=O) groups is 1. The number of carbonyl (C=O) groups excluding carboxylic acids is 1. The van der Waals surface area contributed by atoms with E-state index in [0.29, 0.717) is 6.04 Å². The molecule has 0 aromatic heterocycles. The number of piperazine rings is 1. The highest BCUT2D eigenvalue weighted by Crippen LogP contribution is 2.21. The molecule has 0 bridgehead atoms. The first-order chi connectivity index (χ1) is 10.2. The van der Waals surface area contributed by atoms with Gasteiger partial charge in [0.2, 0.25) is 5.91 Å². The molecule has 1 aromatic rings. The van der Waals surface area contributed by atoms with Crippen molar-refractivity contribution in [1.29, 1.82) is 0 Å². The molecule has 1 aromatic carbocycles. The molecule has 2 heterocycles. The quantitative estimate of drug-likeness (QED) is 0.889. The number of hydrogen-bond donors (Lipinski definition) is 1. The van der Waals surface area contributed by atoms with Gasteiger partial charge in [-0.1, -0.05) is 24.3 Å². The van der Waals surface area contributed by atoms with E-state index in [9.17, 15) is 4.79 Å². The predicted molar refractivity (Wildman–Crippen MR) is 84.1 cm³/mol. The van der Waals surface area contributed by atoms with Gasteiger partial charge in [0.05, 0.1) is 6.04 Å². The first-order valence-corrected chi connectivity index (χ1v) is 7.99. The molecule has 0 aliphatic carbocycles. The van der Waals surface area contributed by atoms with Crippen LogP contribution in [0.5, 0.6) is 0 Å². The van der Waals surface area contributed by atoms with E-state index < -0.39 is 0 Å². The van der Waals surface area contributed by atoms with E-state index in [0.717, 1.165) is 39.1 Å². The first-order valence-electron chi connectivity index (χ1n) is 7.99. The fraction of sp³-hybridized carbons (Fsp3) is 0.588. The van der Waals surface area contributed by atoms with Crippen molar-refractivity contribution in [1.82, 2.24) is 15.1 Å². The van der Waals surface area contributed by atoms with Gasteiger partial charge in [0.25, 0.3) is 0 Å². The fourth-order valence-corrected chi connectivity index (χ4v) is 3.41. The lowest BCUT2D eigenvalue weighted by Crippen LogP contribution is -2.57. The molecule has 2 aliphatic rings. The summed E-state index contributed by atoms with van der Waals surface area (Å²) in [6, 6.07) is 8.85. The molecule has 1 unspecified atom stereocenters. The van der Waals surface area contributed by atoms with E-state index in [1.165, 1.54) is 11.1 Å². The highest BCUT2D eigenvalue weighted by Gasteiger charge is 2.31. The number of amides is 1. The second kappa shape index (κ2) is 6.16. The molecule has 0 saturated carbocycles. The number of nitrogens with zero attached hydrogens (tertiary/aromatic N) is 2. The summed E-state index contributed by atoms with van der Waals surface area (Å²) >= 11 is 0. The summed E-state index contributed by atoms with van der Waals surface area (Å²) in [4.78, 5) is 17.1. The zero-order chi connectivity index (χ0) is 14.8. The Labute approximate surface area is 127 Å². The van der Waals surface area contributed by atoms with Gasteiger partial charge in [0, 0.05) is 38.8 Å². The molecule has 0 spiro atoms. The normalized spacial score (nSPS) is 24.5. The van der Waals surface area contributed by atoms with E-state index in [1.807, 2.05) is 4.90 Å². The minimum absolute atomic E-state index is 0.0288. The van der Waals surface area contributed by atoms with E-state index in [1.54, 1.807) is 0 Å². The Morgan fingerprint density at radius 2 is 2.05 bits per heavy atom. The van der Waals surface area contributed by atoms with Crippen molar-refractivity contribution in [3.8, 4) is 0 Å². The van der Waals surface area contributed by atoms with Gasteiger partial charge in [-0.2, -0.15) is 0 Å². The van der Waals surface area contributed by atoms with Gasteiger partial charge in [0.15, 0.2) is 0 Å². The van der Waals surface area contributed by atoms with Crippen LogP contribution in [-0.2, 0) is 17.8 Å². The van der Waals surface area contributed by atoms with Crippen LogP contribution < -0.4 is 5.32 Å². The summed E-state index contributed by atoms with van der Waals surface area (Å²) in [5.41, 5.74) is 2.81. The fourth-order valence-electron chi connectivity index (χ4n) is 3.41. The first kappa shape index (κ1) is 14.5. The van der Waals surface area contributed by atoms with Crippen LogP contribution >= 0.6 is 0 Å². The molecule has 21 heavy (non-hydrogen) atoms. The highest BCUT2D eigenvalue weighted by atomic mass is 16.2. The largest absolute Gasteiger partial charge is 0.336 e. The van der Waals surface area contributed by atoms with Gasteiger partial charge in [-0.25, -0.2) is 0 Å². The highest BCUT2D eigenvalue weighted by molar-refractivity contribution is 5.82. The van der Waals surface area contributed by atoms with Crippen LogP contribution in [0.25, 0.3) is 0 Å². The Morgan fingerprint density at radius 1 is 1.29 bits per heavy atom. The Hall–Kier alpha value is -1.39. The second-order valence-corrected chi connectivity index (χ2v) is 6.25. The maximum atomic E-state index is 12.8. The molecule has 2 atom stereocenters. The SMILES string of the molecule is CC(C(=O)N1CCNC[C@@H]1C)N1CCc2ccccc2C1. The average molecular weight is 287 g/mol. The second-order valence-electron chi connectivity index (χ2n) is 6.25. The summed E-state index contributed by atoms with van der Waals surface area (Å²) in [7, 11) is 0. The Kier molecular flexibility index (Phi) is 4.27. The van der Waals surface area contributed by atoms with Crippen LogP contribution in [0, 0.1) is 0 Å². The molecule has 1 N–H and O–H groups in total. The number of rotatable bonds is 2. The molecule has 1 saturated heterocycles. The molecular weight excluding hydrogens is 262 g/mol. The molecule has 1 amide bonds. The third-order valence-electron chi connectivity index (χ3n) is 4.85. The predicted octanol–water partition coefficient (Wildman–Crippen LogP) is 1.25. The average Bonchev–Trinajstić information content (AvgIpc) is 2.53. The molecule has 1 fully saturated rings. The summed E-state index contributed by atoms with van der Waals surface area (Å²) in [5.74, 6) is 0.281. The van der Waals surface area contributed by atoms with E-state index in [4.69, 9.17) is 0 Å². The van der Waals surface area contributed by atoms with Crippen molar-refractivity contribution in [3.63, 3.8) is 0 Å². The van der Waals surface area contributed by atoms with Crippen LogP contribution in [0.4, 0.5) is 0 Å². The van der Waals surface area contributed by atoms with Crippen molar-refractivity contribution in [3.05, 3.63) is 35.4 Å². The molecule has 114 valence electrons. The molecule has 0 radical (unpaired) electrons. The lowest BCUT2D eigenvalue weighted by atomic mass is 9.98. The van der Waals surface area contributed by atoms with Crippen molar-refractivity contribution < 1.29 is 4.79 Å². The minimum atomic E-state index is -0.0288. The van der Waals surface area contributed by atoms with Crippen LogP contribution in [-0.4, -0.2) is 54.0 Å². The van der Waals surface area contributed by atoms with Gasteiger partial charge < -0.3 is 10.2 Å². The summed E-state index contributed by atoms with van der Waals surface area (Å²) in [6.07, 6.45) is 1.05. The maximum absolute atomic E-state index is 12.8. The van der Waals surface area contributed by atoms with Crippen molar-refractivity contribution in [2.24, 2.45) is 0 Å². The minimum Gasteiger partial charge on any atom is -0.336 e. The van der Waals surface area contributed by atoms with Crippen LogP contribution in [0.3, 0.4) is 0 Å². The van der Waals surface area contributed by atoms with Gasteiger partial charge in [-0.05, 0) is 31.4 Å². The van der Waals surface area contributed by atoms with Crippen molar-refractivity contribution in [2.45, 2.75) is 38.9 Å². The van der Waals surface area contributed by atoms with E-state index in [2.05, 4.69) is 48.3 Å². The summed E-state index contributed by atoms with van der Waals surface area (Å²) in [6.45, 7) is 8.70. The Morgan fingerprint density at radius 3 is 2.81 bits per heavy atom. The molecule has 4 heteroatoms. The Balaban J connectivity index is 1.68. The molecule has 2 aliphatic heterocycles. The lowest BCUT2D eigenvalue weighted by Gasteiger charge is -2.39. The summed E-state index contributed by atoms with van der Waals surface area (Å²) in [5, 5.41) is 3.34. The molecule has 4 nitrogen and oxygen atoms in total. The third kappa shape index (κ3) is 2.97. The van der Waals surface area contributed by atoms with Gasteiger partial charge in [0.1, 0.15) is 0 Å². The van der Waals surface area contributed by atoms with Gasteiger partial charge in [-0.3, -0.25) is 9.69 Å². The van der Waals surface area contributed by atoms with Gasteiger partial charge in [-0.15, -0.1) is 0 Å². The van der Waals surface area contributed by atoms with Crippen molar-refractivity contribution in [2.75, 3.05) is 26.2 Å². The number of benzene rings is 1. The van der Waals surface area contributed by atoms with Crippen LogP contribution in [0.1, 0.15) is 25.0 Å². The standard InChI is InChI=1S/C17H25N3O/c1-13-11-18-8-10-20(13)17(21)14(2)19-9-7-15-5-3-4-6-16(15)12-19/h3-6,13-14,18H,7-12H2,1-2H3/t13-,14?/m0/s1. The van der Waals surface area contributed by atoms with Crippen molar-refractivity contribution >= 4 is 5.91 Å². The summed E-state index contributed by atoms with van der Waals surface area (Å²) < 4.78 is 0. The van der Waals surface area contributed by atoms with Gasteiger partial charge >= 0.3 is 0 Å². The number of fused-ring (bicyclic) bond motifs is 1. The molecule has 3 rings (SSSR count). The lowest BCUT2D eigenvalue weighted by molar-refractivity contribution is -0.139. The molecular formula is C17H25N3O. The monoisotopic (exact) mass is 287 g/mol. The maximum Gasteiger partial charge on any atom is 0.239 e. The van der Waals surface area contributed by atoms with Crippen LogP contribution in [0.15, 0.2) is 24.3 Å². The van der Waals surface area contributed by atoms with Crippen LogP contribution in [0.2, 0.25) is 0 Å².